The van der Waals surface area contributed by atoms with E-state index in [2.05, 4.69) is 16.0 Å². The highest BCUT2D eigenvalue weighted by molar-refractivity contribution is 5.91. The van der Waals surface area contributed by atoms with Crippen molar-refractivity contribution >= 4 is 23.9 Å². The number of nitrogens with one attached hydrogen (secondary N) is 3. The summed E-state index contributed by atoms with van der Waals surface area (Å²) in [6.07, 6.45) is -0.520. The van der Waals surface area contributed by atoms with E-state index in [-0.39, 0.29) is 31.1 Å². The molecule has 0 aliphatic carbocycles. The first-order valence-electron chi connectivity index (χ1n) is 11.2. The summed E-state index contributed by atoms with van der Waals surface area (Å²) in [6, 6.07) is 12.8. The number of carbonyl (C=O) groups excluding carboxylic acids is 3. The number of aliphatic carboxylic acids is 1. The number of ether oxygens (including phenoxy) is 1. The fourth-order valence-electron chi connectivity index (χ4n) is 3.21. The van der Waals surface area contributed by atoms with Gasteiger partial charge in [-0.05, 0) is 35.6 Å². The first kappa shape index (κ1) is 27.2. The Hall–Kier alpha value is -4.08. The molecule has 0 saturated carbocycles. The summed E-state index contributed by atoms with van der Waals surface area (Å²) in [4.78, 5) is 48.8. The van der Waals surface area contributed by atoms with Gasteiger partial charge in [-0.25, -0.2) is 9.59 Å². The molecular formula is C25H31N3O7. The molecule has 5 N–H and O–H groups in total. The number of carboxylic acid groups (broad SMARTS) is 1. The van der Waals surface area contributed by atoms with Crippen molar-refractivity contribution in [1.82, 2.24) is 16.0 Å². The molecule has 0 aliphatic heterocycles. The van der Waals surface area contributed by atoms with E-state index in [1.807, 2.05) is 32.0 Å². The largest absolute Gasteiger partial charge is 0.508 e. The van der Waals surface area contributed by atoms with Gasteiger partial charge in [0.15, 0.2) is 0 Å². The van der Waals surface area contributed by atoms with E-state index < -0.39 is 42.5 Å². The third-order valence-electron chi connectivity index (χ3n) is 4.96. The first-order chi connectivity index (χ1) is 16.6. The highest BCUT2D eigenvalue weighted by Gasteiger charge is 2.27. The van der Waals surface area contributed by atoms with Gasteiger partial charge in [-0.2, -0.15) is 0 Å². The normalized spacial score (nSPS) is 12.3. The minimum absolute atomic E-state index is 0.00148. The Kier molecular flexibility index (Phi) is 10.5. The maximum Gasteiger partial charge on any atom is 0.407 e. The van der Waals surface area contributed by atoms with E-state index in [4.69, 9.17) is 4.74 Å². The van der Waals surface area contributed by atoms with Gasteiger partial charge in [0.2, 0.25) is 11.8 Å². The van der Waals surface area contributed by atoms with Crippen molar-refractivity contribution in [1.29, 1.82) is 0 Å². The minimum atomic E-state index is -1.23. The number of phenolic OH excluding ortho intramolecular Hbond substituents is 1. The topological polar surface area (TPSA) is 154 Å². The summed E-state index contributed by atoms with van der Waals surface area (Å²) >= 11 is 0. The number of aromatic hydroxyl groups is 1. The second-order valence-corrected chi connectivity index (χ2v) is 8.43. The number of amides is 3. The monoisotopic (exact) mass is 485 g/mol. The lowest BCUT2D eigenvalue weighted by molar-refractivity contribution is -0.142. The van der Waals surface area contributed by atoms with Crippen LogP contribution in [-0.2, 0) is 32.1 Å². The van der Waals surface area contributed by atoms with E-state index in [1.54, 1.807) is 24.3 Å². The minimum Gasteiger partial charge on any atom is -0.508 e. The number of carboxylic acids is 1. The summed E-state index contributed by atoms with van der Waals surface area (Å²) in [5.74, 6) is -2.43. The van der Waals surface area contributed by atoms with Gasteiger partial charge in [0, 0.05) is 6.42 Å². The Labute approximate surface area is 203 Å². The predicted octanol–water partition coefficient (Wildman–Crippen LogP) is 1.96. The van der Waals surface area contributed by atoms with Crippen molar-refractivity contribution in [3.05, 3.63) is 65.7 Å². The zero-order valence-corrected chi connectivity index (χ0v) is 19.7. The average molecular weight is 486 g/mol. The Morgan fingerprint density at radius 1 is 0.886 bits per heavy atom. The van der Waals surface area contributed by atoms with Crippen LogP contribution in [0.2, 0.25) is 0 Å². The summed E-state index contributed by atoms with van der Waals surface area (Å²) in [5, 5.41) is 26.3. The number of carbonyl (C=O) groups is 4. The molecule has 10 heteroatoms. The quantitative estimate of drug-likeness (QED) is 0.308. The number of alkyl carbamates (subject to hydrolysis) is 1. The van der Waals surface area contributed by atoms with Crippen LogP contribution in [0.25, 0.3) is 0 Å². The number of phenols is 1. The molecule has 3 amide bonds. The molecule has 0 saturated heterocycles. The third kappa shape index (κ3) is 10.2. The second kappa shape index (κ2) is 13.6. The van der Waals surface area contributed by atoms with Crippen LogP contribution in [-0.4, -0.2) is 52.7 Å². The molecule has 0 aliphatic rings. The molecule has 0 unspecified atom stereocenters. The van der Waals surface area contributed by atoms with Gasteiger partial charge in [-0.3, -0.25) is 9.59 Å². The van der Waals surface area contributed by atoms with Crippen LogP contribution in [0.15, 0.2) is 54.6 Å². The fraction of sp³-hybridized carbons (Fsp3) is 0.360. The van der Waals surface area contributed by atoms with Crippen LogP contribution in [0, 0.1) is 5.92 Å². The predicted molar refractivity (Wildman–Crippen MR) is 127 cm³/mol. The number of benzene rings is 2. The fourth-order valence-corrected chi connectivity index (χ4v) is 3.21. The summed E-state index contributed by atoms with van der Waals surface area (Å²) in [5.41, 5.74) is 1.40. The van der Waals surface area contributed by atoms with Crippen LogP contribution in [0.3, 0.4) is 0 Å². The second-order valence-electron chi connectivity index (χ2n) is 8.43. The van der Waals surface area contributed by atoms with Crippen LogP contribution >= 0.6 is 0 Å². The third-order valence-corrected chi connectivity index (χ3v) is 4.96. The molecule has 0 heterocycles. The number of hydrogen-bond donors (Lipinski definition) is 5. The van der Waals surface area contributed by atoms with Crippen LogP contribution in [0.4, 0.5) is 4.79 Å². The molecule has 0 spiro atoms. The average Bonchev–Trinajstić information content (AvgIpc) is 2.82. The lowest BCUT2D eigenvalue weighted by Gasteiger charge is -2.23. The molecule has 0 aromatic heterocycles. The number of rotatable bonds is 12. The lowest BCUT2D eigenvalue weighted by atomic mass is 10.0. The Balaban J connectivity index is 1.90. The molecule has 188 valence electrons. The molecule has 2 aromatic carbocycles. The van der Waals surface area contributed by atoms with E-state index in [0.717, 1.165) is 5.56 Å². The van der Waals surface area contributed by atoms with Crippen molar-refractivity contribution < 1.29 is 34.1 Å². The molecule has 35 heavy (non-hydrogen) atoms. The molecular weight excluding hydrogens is 454 g/mol. The van der Waals surface area contributed by atoms with Crippen molar-refractivity contribution in [3.63, 3.8) is 0 Å². The Morgan fingerprint density at radius 3 is 2.14 bits per heavy atom. The standard InChI is InChI=1S/C25H31N3O7/c1-16(2)12-20(23(31)28-21(24(32)33)13-17-8-10-19(29)11-9-17)27-22(30)14-26-25(34)35-15-18-6-4-3-5-7-18/h3-11,16,20-21,29H,12-15H2,1-2H3,(H,26,34)(H,27,30)(H,28,31)(H,32,33)/t20-,21-/m0/s1. The van der Waals surface area contributed by atoms with E-state index in [9.17, 15) is 29.4 Å². The Bertz CT molecular complexity index is 994. The molecule has 2 aromatic rings. The van der Waals surface area contributed by atoms with Gasteiger partial charge in [-0.1, -0.05) is 56.3 Å². The van der Waals surface area contributed by atoms with Crippen molar-refractivity contribution in [3.8, 4) is 5.75 Å². The number of hydrogen-bond acceptors (Lipinski definition) is 6. The van der Waals surface area contributed by atoms with Crippen molar-refractivity contribution in [2.24, 2.45) is 5.92 Å². The van der Waals surface area contributed by atoms with Gasteiger partial charge >= 0.3 is 12.1 Å². The molecule has 0 radical (unpaired) electrons. The van der Waals surface area contributed by atoms with Crippen molar-refractivity contribution in [2.45, 2.75) is 45.4 Å². The highest BCUT2D eigenvalue weighted by atomic mass is 16.5. The van der Waals surface area contributed by atoms with Crippen LogP contribution in [0.1, 0.15) is 31.4 Å². The zero-order valence-electron chi connectivity index (χ0n) is 19.7. The summed E-state index contributed by atoms with van der Waals surface area (Å²) < 4.78 is 5.05. The first-order valence-corrected chi connectivity index (χ1v) is 11.2. The molecule has 2 atom stereocenters. The van der Waals surface area contributed by atoms with Gasteiger partial charge in [0.25, 0.3) is 0 Å². The molecule has 2 rings (SSSR count). The van der Waals surface area contributed by atoms with E-state index in [0.29, 0.717) is 5.56 Å². The van der Waals surface area contributed by atoms with E-state index >= 15 is 0 Å². The van der Waals surface area contributed by atoms with E-state index in [1.165, 1.54) is 12.1 Å². The zero-order chi connectivity index (χ0) is 25.8. The smallest absolute Gasteiger partial charge is 0.407 e. The maximum atomic E-state index is 12.8. The Morgan fingerprint density at radius 2 is 1.54 bits per heavy atom. The lowest BCUT2D eigenvalue weighted by Crippen LogP contribution is -2.54. The van der Waals surface area contributed by atoms with Crippen LogP contribution in [0.5, 0.6) is 5.75 Å². The van der Waals surface area contributed by atoms with Gasteiger partial charge in [-0.15, -0.1) is 0 Å². The van der Waals surface area contributed by atoms with Gasteiger partial charge < -0.3 is 30.9 Å². The summed E-state index contributed by atoms with van der Waals surface area (Å²) in [7, 11) is 0. The molecule has 0 fully saturated rings. The molecule has 0 bridgehead atoms. The van der Waals surface area contributed by atoms with Crippen LogP contribution < -0.4 is 16.0 Å². The SMILES string of the molecule is CC(C)C[C@H](NC(=O)CNC(=O)OCc1ccccc1)C(=O)N[C@@H](Cc1ccc(O)cc1)C(=O)O. The van der Waals surface area contributed by atoms with Gasteiger partial charge in [0.05, 0.1) is 0 Å². The van der Waals surface area contributed by atoms with Gasteiger partial charge in [0.1, 0.15) is 31.0 Å². The summed E-state index contributed by atoms with van der Waals surface area (Å²) in [6.45, 7) is 3.35. The highest BCUT2D eigenvalue weighted by Crippen LogP contribution is 2.12. The van der Waals surface area contributed by atoms with Crippen molar-refractivity contribution in [2.75, 3.05) is 6.54 Å². The molecule has 10 nitrogen and oxygen atoms in total. The maximum absolute atomic E-state index is 12.8.